The van der Waals surface area contributed by atoms with Crippen molar-refractivity contribution in [3.8, 4) is 11.5 Å². The Balaban J connectivity index is 2.30. The summed E-state index contributed by atoms with van der Waals surface area (Å²) in [5.74, 6) is -0.791. The van der Waals surface area contributed by atoms with E-state index in [1.807, 2.05) is 11.9 Å². The van der Waals surface area contributed by atoms with E-state index in [1.165, 1.54) is 0 Å². The summed E-state index contributed by atoms with van der Waals surface area (Å²) in [4.78, 5) is 14.9. The molecule has 3 atom stereocenters. The van der Waals surface area contributed by atoms with Gasteiger partial charge in [-0.15, -0.1) is 0 Å². The molecule has 142 valence electrons. The van der Waals surface area contributed by atoms with Crippen LogP contribution in [-0.2, 0) is 0 Å². The number of hydrogen-bond donors (Lipinski definition) is 4. The first-order valence-corrected chi connectivity index (χ1v) is 8.83. The molecule has 3 unspecified atom stereocenters. The normalized spacial score (nSPS) is 22.7. The molecule has 0 saturated carbocycles. The molecule has 2 heterocycles. The summed E-state index contributed by atoms with van der Waals surface area (Å²) in [6.07, 6.45) is -0.830. The largest absolute Gasteiger partial charge is 0.507 e. The van der Waals surface area contributed by atoms with Crippen LogP contribution >= 0.6 is 0 Å². The van der Waals surface area contributed by atoms with Crippen LogP contribution in [-0.4, -0.2) is 51.6 Å². The monoisotopic (exact) mass is 363 g/mol. The van der Waals surface area contributed by atoms with Gasteiger partial charge in [-0.2, -0.15) is 0 Å². The van der Waals surface area contributed by atoms with E-state index < -0.39 is 29.3 Å². The number of likely N-dealkylation sites (tertiary alicyclic amines) is 1. The van der Waals surface area contributed by atoms with Crippen molar-refractivity contribution in [1.29, 1.82) is 0 Å². The SMILES string of the molecule is CCC(O)c1c(C)oc2c(C3CCN(C)CC3O)c(O)cc(O)c2c1=O. The van der Waals surface area contributed by atoms with Crippen molar-refractivity contribution < 1.29 is 24.8 Å². The third kappa shape index (κ3) is 2.96. The van der Waals surface area contributed by atoms with E-state index in [0.29, 0.717) is 24.9 Å². The number of aromatic hydroxyl groups is 2. The molecule has 1 aliphatic rings. The number of hydrogen-bond acceptors (Lipinski definition) is 7. The van der Waals surface area contributed by atoms with Gasteiger partial charge in [0.25, 0.3) is 0 Å². The van der Waals surface area contributed by atoms with E-state index in [1.54, 1.807) is 13.8 Å². The van der Waals surface area contributed by atoms with Crippen molar-refractivity contribution in [2.75, 3.05) is 20.1 Å². The first-order valence-electron chi connectivity index (χ1n) is 8.83. The first kappa shape index (κ1) is 18.7. The van der Waals surface area contributed by atoms with E-state index in [0.717, 1.165) is 12.6 Å². The summed E-state index contributed by atoms with van der Waals surface area (Å²) in [6.45, 7) is 4.47. The minimum absolute atomic E-state index is 0.0722. The Kier molecular flexibility index (Phi) is 4.96. The lowest BCUT2D eigenvalue weighted by molar-refractivity contribution is 0.0630. The van der Waals surface area contributed by atoms with Crippen LogP contribution in [0, 0.1) is 6.92 Å². The summed E-state index contributed by atoms with van der Waals surface area (Å²) in [5, 5.41) is 41.3. The van der Waals surface area contributed by atoms with E-state index in [9.17, 15) is 25.2 Å². The number of aliphatic hydroxyl groups is 2. The molecule has 0 aliphatic carbocycles. The Morgan fingerprint density at radius 1 is 1.35 bits per heavy atom. The van der Waals surface area contributed by atoms with E-state index in [4.69, 9.17) is 4.42 Å². The Morgan fingerprint density at radius 2 is 2.04 bits per heavy atom. The highest BCUT2D eigenvalue weighted by Crippen LogP contribution is 2.42. The molecule has 1 aromatic carbocycles. The molecule has 1 saturated heterocycles. The summed E-state index contributed by atoms with van der Waals surface area (Å²) in [5.41, 5.74) is -0.00284. The molecule has 4 N–H and O–H groups in total. The van der Waals surface area contributed by atoms with Gasteiger partial charge in [0.15, 0.2) is 0 Å². The van der Waals surface area contributed by atoms with Gasteiger partial charge in [0, 0.05) is 24.1 Å². The standard InChI is InChI=1S/C19H25NO6/c1-4-11(21)15-9(2)26-19-16(10-5-6-20(3)8-14(10)24)12(22)7-13(23)17(19)18(15)25/h7,10-11,14,21-24H,4-6,8H2,1-3H3. The van der Waals surface area contributed by atoms with Crippen LogP contribution in [0.15, 0.2) is 15.3 Å². The second kappa shape index (κ2) is 6.90. The maximum atomic E-state index is 12.9. The lowest BCUT2D eigenvalue weighted by Gasteiger charge is -2.34. The fourth-order valence-electron chi connectivity index (χ4n) is 3.85. The molecule has 0 bridgehead atoms. The van der Waals surface area contributed by atoms with Gasteiger partial charge in [-0.3, -0.25) is 4.79 Å². The van der Waals surface area contributed by atoms with Gasteiger partial charge < -0.3 is 29.7 Å². The number of fused-ring (bicyclic) bond motifs is 1. The van der Waals surface area contributed by atoms with Gasteiger partial charge >= 0.3 is 0 Å². The van der Waals surface area contributed by atoms with Crippen molar-refractivity contribution in [2.24, 2.45) is 0 Å². The number of benzene rings is 1. The van der Waals surface area contributed by atoms with Crippen molar-refractivity contribution in [2.45, 2.75) is 44.8 Å². The van der Waals surface area contributed by atoms with Crippen LogP contribution in [0.4, 0.5) is 0 Å². The molecule has 1 fully saturated rings. The lowest BCUT2D eigenvalue weighted by Crippen LogP contribution is -2.40. The zero-order valence-electron chi connectivity index (χ0n) is 15.2. The lowest BCUT2D eigenvalue weighted by atomic mass is 9.85. The highest BCUT2D eigenvalue weighted by molar-refractivity contribution is 5.89. The molecule has 26 heavy (non-hydrogen) atoms. The minimum atomic E-state index is -0.999. The number of phenolic OH excluding ortho intramolecular Hbond substituents is 2. The highest BCUT2D eigenvalue weighted by Gasteiger charge is 2.33. The summed E-state index contributed by atoms with van der Waals surface area (Å²) < 4.78 is 5.81. The molecule has 0 radical (unpaired) electrons. The molecule has 7 nitrogen and oxygen atoms in total. The van der Waals surface area contributed by atoms with Gasteiger partial charge in [0.1, 0.15) is 28.2 Å². The number of rotatable bonds is 3. The molecule has 1 aliphatic heterocycles. The third-order valence-corrected chi connectivity index (χ3v) is 5.26. The maximum Gasteiger partial charge on any atom is 0.202 e. The Morgan fingerprint density at radius 3 is 2.65 bits per heavy atom. The molecule has 3 rings (SSSR count). The second-order valence-corrected chi connectivity index (χ2v) is 7.08. The zero-order chi connectivity index (χ0) is 19.2. The Hall–Kier alpha value is -2.09. The number of phenols is 2. The fraction of sp³-hybridized carbons (Fsp3) is 0.526. The summed E-state index contributed by atoms with van der Waals surface area (Å²) in [6, 6.07) is 1.11. The van der Waals surface area contributed by atoms with Crippen molar-refractivity contribution >= 4 is 11.0 Å². The predicted octanol–water partition coefficient (Wildman–Crippen LogP) is 1.74. The topological polar surface area (TPSA) is 114 Å². The van der Waals surface area contributed by atoms with Crippen LogP contribution < -0.4 is 5.43 Å². The predicted molar refractivity (Wildman–Crippen MR) is 96.7 cm³/mol. The smallest absolute Gasteiger partial charge is 0.202 e. The number of aliphatic hydroxyl groups excluding tert-OH is 2. The molecular formula is C19H25NO6. The third-order valence-electron chi connectivity index (χ3n) is 5.26. The van der Waals surface area contributed by atoms with Crippen LogP contribution in [0.25, 0.3) is 11.0 Å². The van der Waals surface area contributed by atoms with Gasteiger partial charge in [-0.05, 0) is 33.4 Å². The average Bonchev–Trinajstić information content (AvgIpc) is 2.55. The van der Waals surface area contributed by atoms with Gasteiger partial charge in [-0.1, -0.05) is 6.92 Å². The molecular weight excluding hydrogens is 338 g/mol. The first-order chi connectivity index (χ1) is 12.3. The van der Waals surface area contributed by atoms with Crippen molar-refractivity contribution in [3.63, 3.8) is 0 Å². The maximum absolute atomic E-state index is 12.9. The number of piperidine rings is 1. The summed E-state index contributed by atoms with van der Waals surface area (Å²) >= 11 is 0. The number of β-amino-alcohol motifs (C(OH)–C–C–N with tert-alkyl or cyclic N) is 1. The highest BCUT2D eigenvalue weighted by atomic mass is 16.3. The van der Waals surface area contributed by atoms with Crippen molar-refractivity contribution in [1.82, 2.24) is 4.90 Å². The fourth-order valence-corrected chi connectivity index (χ4v) is 3.85. The number of likely N-dealkylation sites (N-methyl/N-ethyl adjacent to an activating group) is 1. The van der Waals surface area contributed by atoms with Crippen LogP contribution in [0.5, 0.6) is 11.5 Å². The number of aryl methyl sites for hydroxylation is 1. The van der Waals surface area contributed by atoms with Crippen LogP contribution in [0.2, 0.25) is 0 Å². The van der Waals surface area contributed by atoms with Crippen molar-refractivity contribution in [3.05, 3.63) is 33.2 Å². The van der Waals surface area contributed by atoms with Gasteiger partial charge in [0.2, 0.25) is 5.43 Å². The second-order valence-electron chi connectivity index (χ2n) is 7.08. The molecule has 7 heteroatoms. The van der Waals surface area contributed by atoms with E-state index >= 15 is 0 Å². The Bertz CT molecular complexity index is 890. The van der Waals surface area contributed by atoms with Crippen LogP contribution in [0.3, 0.4) is 0 Å². The number of nitrogens with zero attached hydrogens (tertiary/aromatic N) is 1. The van der Waals surface area contributed by atoms with Gasteiger partial charge in [0.05, 0.1) is 17.8 Å². The van der Waals surface area contributed by atoms with Crippen LogP contribution in [0.1, 0.15) is 48.7 Å². The Labute approximate surface area is 151 Å². The van der Waals surface area contributed by atoms with Gasteiger partial charge in [-0.25, -0.2) is 0 Å². The van der Waals surface area contributed by atoms with E-state index in [2.05, 4.69) is 0 Å². The quantitative estimate of drug-likeness (QED) is 0.657. The average molecular weight is 363 g/mol. The zero-order valence-corrected chi connectivity index (χ0v) is 15.2. The molecule has 0 spiro atoms. The molecule has 0 amide bonds. The summed E-state index contributed by atoms with van der Waals surface area (Å²) in [7, 11) is 1.90. The molecule has 1 aromatic heterocycles. The molecule has 2 aromatic rings. The van der Waals surface area contributed by atoms with E-state index in [-0.39, 0.29) is 28.0 Å². The minimum Gasteiger partial charge on any atom is -0.507 e.